The molecule has 0 atom stereocenters. The number of nitrogens with zero attached hydrogens (tertiary/aromatic N) is 2. The third-order valence-corrected chi connectivity index (χ3v) is 2.83. The summed E-state index contributed by atoms with van der Waals surface area (Å²) in [4.78, 5) is 16.0. The van der Waals surface area contributed by atoms with Crippen LogP contribution in [0.15, 0.2) is 17.0 Å². The molecule has 0 N–H and O–H groups in total. The Labute approximate surface area is 107 Å². The predicted octanol–water partition coefficient (Wildman–Crippen LogP) is 2.18. The Kier molecular flexibility index (Phi) is 3.67. The summed E-state index contributed by atoms with van der Waals surface area (Å²) in [6, 6.07) is -0.525. The van der Waals surface area contributed by atoms with Gasteiger partial charge < -0.3 is 0 Å². The lowest BCUT2D eigenvalue weighted by Gasteiger charge is -2.08. The molecular formula is C7H2F4N2O6S. The summed E-state index contributed by atoms with van der Waals surface area (Å²) >= 11 is 0. The lowest BCUT2D eigenvalue weighted by atomic mass is 10.1. The van der Waals surface area contributed by atoms with Crippen LogP contribution in [0.1, 0.15) is 5.56 Å². The molecule has 0 radical (unpaired) electrons. The minimum absolute atomic E-state index is 0.150. The zero-order chi connectivity index (χ0) is 15.9. The van der Waals surface area contributed by atoms with Crippen molar-refractivity contribution in [3.8, 4) is 0 Å². The van der Waals surface area contributed by atoms with Crippen molar-refractivity contribution in [2.24, 2.45) is 0 Å². The Morgan fingerprint density at radius 1 is 1.05 bits per heavy atom. The topological polar surface area (TPSA) is 120 Å². The summed E-state index contributed by atoms with van der Waals surface area (Å²) in [5, 5.41) is 21.0. The number of rotatable bonds is 3. The molecule has 0 fully saturated rings. The van der Waals surface area contributed by atoms with Gasteiger partial charge in [0.2, 0.25) is 0 Å². The van der Waals surface area contributed by atoms with E-state index in [0.29, 0.717) is 0 Å². The first-order valence-corrected chi connectivity index (χ1v) is 5.72. The van der Waals surface area contributed by atoms with Crippen molar-refractivity contribution in [3.63, 3.8) is 0 Å². The van der Waals surface area contributed by atoms with Crippen molar-refractivity contribution in [1.82, 2.24) is 0 Å². The Hall–Kier alpha value is -2.31. The molecule has 0 aromatic heterocycles. The van der Waals surface area contributed by atoms with Crippen LogP contribution in [0.25, 0.3) is 0 Å². The van der Waals surface area contributed by atoms with Crippen LogP contribution in [0, 0.1) is 20.2 Å². The van der Waals surface area contributed by atoms with Gasteiger partial charge in [-0.2, -0.15) is 21.6 Å². The first kappa shape index (κ1) is 15.7. The van der Waals surface area contributed by atoms with Gasteiger partial charge in [0, 0.05) is 6.07 Å². The number of hydrogen-bond donors (Lipinski definition) is 0. The molecule has 0 aliphatic rings. The van der Waals surface area contributed by atoms with Crippen LogP contribution < -0.4 is 0 Å². The summed E-state index contributed by atoms with van der Waals surface area (Å²) in [6.45, 7) is 0. The molecule has 1 aromatic rings. The summed E-state index contributed by atoms with van der Waals surface area (Å²) < 4.78 is 71.5. The third-order valence-electron chi connectivity index (χ3n) is 2.03. The van der Waals surface area contributed by atoms with Crippen molar-refractivity contribution in [1.29, 1.82) is 0 Å². The Balaban J connectivity index is 3.93. The van der Waals surface area contributed by atoms with E-state index in [2.05, 4.69) is 0 Å². The number of halogens is 4. The summed E-state index contributed by atoms with van der Waals surface area (Å²) in [5.74, 6) is 0. The fraction of sp³-hybridized carbons (Fsp3) is 0.143. The maximum absolute atomic E-state index is 12.7. The molecule has 0 saturated carbocycles. The van der Waals surface area contributed by atoms with E-state index in [1.165, 1.54) is 0 Å². The van der Waals surface area contributed by atoms with Crippen LogP contribution in [-0.2, 0) is 16.4 Å². The average Bonchev–Trinajstić information content (AvgIpc) is 2.24. The van der Waals surface area contributed by atoms with Gasteiger partial charge in [-0.3, -0.25) is 20.2 Å². The van der Waals surface area contributed by atoms with Gasteiger partial charge in [-0.1, -0.05) is 0 Å². The molecule has 13 heteroatoms. The van der Waals surface area contributed by atoms with E-state index in [4.69, 9.17) is 0 Å². The average molecular weight is 318 g/mol. The van der Waals surface area contributed by atoms with E-state index < -0.39 is 48.1 Å². The van der Waals surface area contributed by atoms with Gasteiger partial charge in [-0.05, 0) is 6.07 Å². The largest absolute Gasteiger partial charge is 0.423 e. The second-order valence-electron chi connectivity index (χ2n) is 3.29. The summed E-state index contributed by atoms with van der Waals surface area (Å²) in [5.41, 5.74) is -5.97. The van der Waals surface area contributed by atoms with Crippen LogP contribution in [0.5, 0.6) is 0 Å². The lowest BCUT2D eigenvalue weighted by molar-refractivity contribution is -0.424. The fourth-order valence-electron chi connectivity index (χ4n) is 1.28. The van der Waals surface area contributed by atoms with Crippen molar-refractivity contribution >= 4 is 21.6 Å². The van der Waals surface area contributed by atoms with Crippen molar-refractivity contribution in [2.45, 2.75) is 11.1 Å². The zero-order valence-electron chi connectivity index (χ0n) is 8.92. The molecule has 1 rings (SSSR count). The minimum Gasteiger partial charge on any atom is -0.258 e. The molecule has 8 nitrogen and oxygen atoms in total. The number of hydrogen-bond acceptors (Lipinski definition) is 6. The summed E-state index contributed by atoms with van der Waals surface area (Å²) in [6.07, 6.45) is -5.48. The highest BCUT2D eigenvalue weighted by molar-refractivity contribution is 7.86. The van der Waals surface area contributed by atoms with Crippen LogP contribution in [0.2, 0.25) is 0 Å². The second-order valence-corrected chi connectivity index (χ2v) is 4.64. The van der Waals surface area contributed by atoms with Crippen LogP contribution in [0.3, 0.4) is 0 Å². The number of alkyl halides is 3. The normalized spacial score (nSPS) is 12.2. The molecule has 0 heterocycles. The van der Waals surface area contributed by atoms with Crippen LogP contribution >= 0.6 is 0 Å². The number of nitro benzene ring substituents is 2. The first-order valence-electron chi connectivity index (χ1n) is 4.34. The van der Waals surface area contributed by atoms with E-state index in [1.54, 1.807) is 0 Å². The predicted molar refractivity (Wildman–Crippen MR) is 53.0 cm³/mol. The quantitative estimate of drug-likeness (QED) is 0.364. The lowest BCUT2D eigenvalue weighted by Crippen LogP contribution is -2.12. The van der Waals surface area contributed by atoms with Gasteiger partial charge in [0.25, 0.3) is 0 Å². The summed E-state index contributed by atoms with van der Waals surface area (Å²) in [7, 11) is -5.71. The minimum atomic E-state index is -5.71. The molecule has 0 unspecified atom stereocenters. The van der Waals surface area contributed by atoms with Crippen LogP contribution in [0.4, 0.5) is 28.4 Å². The van der Waals surface area contributed by atoms with E-state index in [-0.39, 0.29) is 12.1 Å². The highest BCUT2D eigenvalue weighted by atomic mass is 32.3. The van der Waals surface area contributed by atoms with Crippen molar-refractivity contribution in [3.05, 3.63) is 37.9 Å². The smallest absolute Gasteiger partial charge is 0.258 e. The monoisotopic (exact) mass is 318 g/mol. The standard InChI is InChI=1S/C7H2F4N2O6S/c8-7(9,10)4-1-3(20(11,18)19)2-5(12(14)15)6(4)13(16)17/h1-2H. The van der Waals surface area contributed by atoms with Crippen molar-refractivity contribution in [2.75, 3.05) is 0 Å². The molecular weight excluding hydrogens is 316 g/mol. The van der Waals surface area contributed by atoms with Gasteiger partial charge in [0.15, 0.2) is 0 Å². The SMILES string of the molecule is O=[N+]([O-])c1cc(S(=O)(=O)F)cc(C(F)(F)F)c1[N+](=O)[O-]. The fourth-order valence-corrected chi connectivity index (χ4v) is 1.79. The second kappa shape index (κ2) is 4.66. The molecule has 20 heavy (non-hydrogen) atoms. The van der Waals surface area contributed by atoms with Crippen LogP contribution in [-0.4, -0.2) is 18.3 Å². The number of nitro groups is 2. The molecule has 0 bridgehead atoms. The van der Waals surface area contributed by atoms with Gasteiger partial charge in [0.05, 0.1) is 9.85 Å². The first-order chi connectivity index (χ1) is 8.85. The molecule has 0 saturated heterocycles. The number of benzene rings is 1. The van der Waals surface area contributed by atoms with Gasteiger partial charge >= 0.3 is 27.8 Å². The van der Waals surface area contributed by atoms with Crippen molar-refractivity contribution < 1.29 is 35.3 Å². The molecule has 0 amide bonds. The van der Waals surface area contributed by atoms with Gasteiger partial charge in [0.1, 0.15) is 10.5 Å². The highest BCUT2D eigenvalue weighted by Crippen LogP contribution is 2.42. The molecule has 0 spiro atoms. The Bertz CT molecular complexity index is 698. The third kappa shape index (κ3) is 2.98. The molecule has 0 aliphatic carbocycles. The highest BCUT2D eigenvalue weighted by Gasteiger charge is 2.45. The van der Waals surface area contributed by atoms with E-state index in [1.807, 2.05) is 0 Å². The molecule has 1 aromatic carbocycles. The zero-order valence-corrected chi connectivity index (χ0v) is 9.74. The Morgan fingerprint density at radius 3 is 1.85 bits per heavy atom. The molecule has 110 valence electrons. The maximum atomic E-state index is 12.7. The maximum Gasteiger partial charge on any atom is 0.423 e. The molecule has 0 aliphatic heterocycles. The van der Waals surface area contributed by atoms with E-state index >= 15 is 0 Å². The van der Waals surface area contributed by atoms with E-state index in [9.17, 15) is 45.7 Å². The van der Waals surface area contributed by atoms with E-state index in [0.717, 1.165) is 0 Å². The van der Waals surface area contributed by atoms with Gasteiger partial charge in [-0.15, -0.1) is 3.89 Å². The Morgan fingerprint density at radius 2 is 1.55 bits per heavy atom. The van der Waals surface area contributed by atoms with Gasteiger partial charge in [-0.25, -0.2) is 0 Å².